The van der Waals surface area contributed by atoms with Crippen molar-refractivity contribution in [2.24, 2.45) is 5.92 Å². The summed E-state index contributed by atoms with van der Waals surface area (Å²) in [4.78, 5) is 2.36. The third-order valence-corrected chi connectivity index (χ3v) is 4.65. The van der Waals surface area contributed by atoms with Crippen LogP contribution < -0.4 is 5.32 Å². The zero-order chi connectivity index (χ0) is 13.9. The molecular formula is C16H23FN2O. The summed E-state index contributed by atoms with van der Waals surface area (Å²) in [5.74, 6) is 0.463. The lowest BCUT2D eigenvalue weighted by Gasteiger charge is -2.34. The van der Waals surface area contributed by atoms with E-state index < -0.39 is 0 Å². The molecular weight excluding hydrogens is 255 g/mol. The number of phenols is 1. The third kappa shape index (κ3) is 3.30. The first-order chi connectivity index (χ1) is 9.70. The van der Waals surface area contributed by atoms with Crippen molar-refractivity contribution in [3.8, 4) is 5.75 Å². The van der Waals surface area contributed by atoms with Gasteiger partial charge in [-0.2, -0.15) is 0 Å². The molecule has 0 spiro atoms. The molecule has 2 aliphatic rings. The van der Waals surface area contributed by atoms with Crippen LogP contribution in [0, 0.1) is 11.7 Å². The van der Waals surface area contributed by atoms with E-state index >= 15 is 0 Å². The number of nitrogens with zero attached hydrogens (tertiary/aromatic N) is 1. The summed E-state index contributed by atoms with van der Waals surface area (Å²) in [7, 11) is 0. The Hall–Kier alpha value is -1.13. The smallest absolute Gasteiger partial charge is 0.127 e. The van der Waals surface area contributed by atoms with E-state index in [4.69, 9.17) is 0 Å². The second kappa shape index (κ2) is 6.10. The number of piperidine rings is 1. The van der Waals surface area contributed by atoms with Gasteiger partial charge in [-0.1, -0.05) is 0 Å². The Bertz CT molecular complexity index is 432. The highest BCUT2D eigenvalue weighted by Crippen LogP contribution is 2.26. The maximum absolute atomic E-state index is 13.3. The Labute approximate surface area is 119 Å². The third-order valence-electron chi connectivity index (χ3n) is 4.65. The molecule has 4 heteroatoms. The molecule has 0 aromatic heterocycles. The highest BCUT2D eigenvalue weighted by molar-refractivity contribution is 5.28. The van der Waals surface area contributed by atoms with Crippen molar-refractivity contribution in [1.82, 2.24) is 10.2 Å². The molecule has 2 saturated heterocycles. The number of hydrogen-bond donors (Lipinski definition) is 2. The molecule has 0 saturated carbocycles. The largest absolute Gasteiger partial charge is 0.508 e. The number of nitrogens with one attached hydrogen (secondary N) is 1. The van der Waals surface area contributed by atoms with Gasteiger partial charge >= 0.3 is 0 Å². The molecule has 1 aromatic carbocycles. The molecule has 20 heavy (non-hydrogen) atoms. The molecule has 2 N–H and O–H groups in total. The maximum atomic E-state index is 13.3. The lowest BCUT2D eigenvalue weighted by molar-refractivity contribution is 0.157. The van der Waals surface area contributed by atoms with E-state index in [0.29, 0.717) is 0 Å². The molecule has 0 amide bonds. The van der Waals surface area contributed by atoms with Crippen LogP contribution in [-0.2, 0) is 6.54 Å². The van der Waals surface area contributed by atoms with Crippen molar-refractivity contribution in [1.29, 1.82) is 0 Å². The van der Waals surface area contributed by atoms with Crippen LogP contribution in [0.1, 0.15) is 31.2 Å². The first-order valence-electron chi connectivity index (χ1n) is 7.65. The Morgan fingerprint density at radius 3 is 2.65 bits per heavy atom. The average Bonchev–Trinajstić information content (AvgIpc) is 2.92. The minimum atomic E-state index is -0.356. The summed E-state index contributed by atoms with van der Waals surface area (Å²) in [6, 6.07) is 5.05. The van der Waals surface area contributed by atoms with Gasteiger partial charge in [0.2, 0.25) is 0 Å². The highest BCUT2D eigenvalue weighted by Gasteiger charge is 2.28. The predicted molar refractivity (Wildman–Crippen MR) is 77.1 cm³/mol. The number of rotatable bonds is 3. The van der Waals surface area contributed by atoms with Crippen molar-refractivity contribution in [3.05, 3.63) is 29.6 Å². The quantitative estimate of drug-likeness (QED) is 0.891. The zero-order valence-electron chi connectivity index (χ0n) is 11.8. The lowest BCUT2D eigenvalue weighted by Crippen LogP contribution is -2.40. The number of halogens is 1. The normalized spacial score (nSPS) is 25.1. The zero-order valence-corrected chi connectivity index (χ0v) is 11.8. The summed E-state index contributed by atoms with van der Waals surface area (Å²) in [6.45, 7) is 4.05. The molecule has 0 bridgehead atoms. The van der Waals surface area contributed by atoms with E-state index in [2.05, 4.69) is 10.2 Å². The minimum Gasteiger partial charge on any atom is -0.508 e. The summed E-state index contributed by atoms with van der Waals surface area (Å²) < 4.78 is 13.3. The van der Waals surface area contributed by atoms with Crippen LogP contribution in [0.3, 0.4) is 0 Å². The van der Waals surface area contributed by atoms with Crippen molar-refractivity contribution in [3.63, 3.8) is 0 Å². The Kier molecular flexibility index (Phi) is 4.22. The first kappa shape index (κ1) is 13.8. The molecule has 0 aliphatic carbocycles. The van der Waals surface area contributed by atoms with Gasteiger partial charge in [0.05, 0.1) is 0 Å². The van der Waals surface area contributed by atoms with Gasteiger partial charge in [-0.15, -0.1) is 0 Å². The fourth-order valence-electron chi connectivity index (χ4n) is 3.61. The van der Waals surface area contributed by atoms with Gasteiger partial charge in [-0.05, 0) is 68.9 Å². The summed E-state index contributed by atoms with van der Waals surface area (Å²) >= 11 is 0. The summed E-state index contributed by atoms with van der Waals surface area (Å²) in [5.41, 5.74) is 0.861. The predicted octanol–water partition coefficient (Wildman–Crippen LogP) is 2.50. The molecule has 0 radical (unpaired) electrons. The topological polar surface area (TPSA) is 35.5 Å². The van der Waals surface area contributed by atoms with Crippen molar-refractivity contribution in [2.45, 2.75) is 38.3 Å². The van der Waals surface area contributed by atoms with Crippen LogP contribution in [0.2, 0.25) is 0 Å². The van der Waals surface area contributed by atoms with Crippen LogP contribution in [0.4, 0.5) is 4.39 Å². The van der Waals surface area contributed by atoms with Gasteiger partial charge in [0.15, 0.2) is 0 Å². The van der Waals surface area contributed by atoms with E-state index in [9.17, 15) is 9.50 Å². The molecule has 2 heterocycles. The number of likely N-dealkylation sites (tertiary alicyclic amines) is 1. The van der Waals surface area contributed by atoms with Crippen LogP contribution in [0.25, 0.3) is 0 Å². The van der Waals surface area contributed by atoms with Crippen LogP contribution in [-0.4, -0.2) is 35.7 Å². The molecule has 1 atom stereocenters. The van der Waals surface area contributed by atoms with E-state index in [1.165, 1.54) is 38.3 Å². The fourth-order valence-corrected chi connectivity index (χ4v) is 3.61. The van der Waals surface area contributed by atoms with Crippen LogP contribution in [0.5, 0.6) is 5.75 Å². The van der Waals surface area contributed by atoms with Gasteiger partial charge in [-0.25, -0.2) is 4.39 Å². The van der Waals surface area contributed by atoms with Gasteiger partial charge in [0.1, 0.15) is 11.6 Å². The van der Waals surface area contributed by atoms with Crippen LogP contribution in [0.15, 0.2) is 18.2 Å². The SMILES string of the molecule is Oc1cc(F)cc(CN2CCC(C3CCCN3)CC2)c1. The van der Waals surface area contributed by atoms with Gasteiger partial charge in [0, 0.05) is 18.7 Å². The van der Waals surface area contributed by atoms with Crippen molar-refractivity contribution in [2.75, 3.05) is 19.6 Å². The second-order valence-corrected chi connectivity index (χ2v) is 6.13. The van der Waals surface area contributed by atoms with E-state index in [0.717, 1.165) is 43.2 Å². The van der Waals surface area contributed by atoms with E-state index in [-0.39, 0.29) is 11.6 Å². The summed E-state index contributed by atoms with van der Waals surface area (Å²) in [6.07, 6.45) is 5.08. The van der Waals surface area contributed by atoms with Gasteiger partial charge in [-0.3, -0.25) is 4.90 Å². The standard InChI is InChI=1S/C16H23FN2O/c17-14-8-12(9-15(20)10-14)11-19-6-3-13(4-7-19)16-2-1-5-18-16/h8-10,13,16,18,20H,1-7,11H2. The maximum Gasteiger partial charge on any atom is 0.127 e. The molecule has 3 nitrogen and oxygen atoms in total. The Morgan fingerprint density at radius 2 is 2.00 bits per heavy atom. The van der Waals surface area contributed by atoms with Crippen molar-refractivity contribution >= 4 is 0 Å². The molecule has 2 fully saturated rings. The Balaban J connectivity index is 1.53. The molecule has 2 aliphatic heterocycles. The van der Waals surface area contributed by atoms with E-state index in [1.807, 2.05) is 0 Å². The van der Waals surface area contributed by atoms with Crippen LogP contribution >= 0.6 is 0 Å². The van der Waals surface area contributed by atoms with E-state index in [1.54, 1.807) is 6.07 Å². The number of phenolic OH excluding ortho intramolecular Hbond substituents is 1. The number of benzene rings is 1. The Morgan fingerprint density at radius 1 is 1.20 bits per heavy atom. The monoisotopic (exact) mass is 278 g/mol. The number of aromatic hydroxyl groups is 1. The number of hydrogen-bond acceptors (Lipinski definition) is 3. The fraction of sp³-hybridized carbons (Fsp3) is 0.625. The molecule has 1 unspecified atom stereocenters. The minimum absolute atomic E-state index is 0.0186. The first-order valence-corrected chi connectivity index (χ1v) is 7.65. The van der Waals surface area contributed by atoms with Gasteiger partial charge < -0.3 is 10.4 Å². The average molecular weight is 278 g/mol. The van der Waals surface area contributed by atoms with Crippen molar-refractivity contribution < 1.29 is 9.50 Å². The summed E-state index contributed by atoms with van der Waals surface area (Å²) in [5, 5.41) is 13.0. The molecule has 3 rings (SSSR count). The highest BCUT2D eigenvalue weighted by atomic mass is 19.1. The second-order valence-electron chi connectivity index (χ2n) is 6.13. The molecule has 1 aromatic rings. The molecule has 110 valence electrons. The van der Waals surface area contributed by atoms with Gasteiger partial charge in [0.25, 0.3) is 0 Å². The lowest BCUT2D eigenvalue weighted by atomic mass is 9.88.